The van der Waals surface area contributed by atoms with Gasteiger partial charge in [0.05, 0.1) is 12.6 Å². The third kappa shape index (κ3) is 5.83. The summed E-state index contributed by atoms with van der Waals surface area (Å²) in [5, 5.41) is 9.23. The summed E-state index contributed by atoms with van der Waals surface area (Å²) in [6.45, 7) is 4.21. The van der Waals surface area contributed by atoms with E-state index in [0.717, 1.165) is 5.56 Å². The summed E-state index contributed by atoms with van der Waals surface area (Å²) < 4.78 is 0. The van der Waals surface area contributed by atoms with Crippen LogP contribution in [0.15, 0.2) is 24.3 Å². The Kier molecular flexibility index (Phi) is 6.17. The summed E-state index contributed by atoms with van der Waals surface area (Å²) in [4.78, 5) is 24.8. The minimum absolute atomic E-state index is 0.125. The molecular weight excluding hydrogens is 270 g/mol. The summed E-state index contributed by atoms with van der Waals surface area (Å²) >= 11 is 0. The second-order valence-electron chi connectivity index (χ2n) is 5.56. The van der Waals surface area contributed by atoms with E-state index in [0.29, 0.717) is 13.0 Å². The Morgan fingerprint density at radius 1 is 1.24 bits per heavy atom. The van der Waals surface area contributed by atoms with Gasteiger partial charge in [-0.15, -0.1) is 0 Å². The van der Waals surface area contributed by atoms with Crippen LogP contribution in [0.3, 0.4) is 0 Å². The number of primary amides is 1. The monoisotopic (exact) mass is 293 g/mol. The van der Waals surface area contributed by atoms with Gasteiger partial charge in [-0.05, 0) is 30.0 Å². The van der Waals surface area contributed by atoms with Crippen LogP contribution in [-0.4, -0.2) is 41.0 Å². The van der Waals surface area contributed by atoms with E-state index in [1.807, 2.05) is 13.8 Å². The molecule has 0 aliphatic rings. The first-order valence-corrected chi connectivity index (χ1v) is 6.90. The predicted molar refractivity (Wildman–Crippen MR) is 80.4 cm³/mol. The molecule has 1 aromatic rings. The van der Waals surface area contributed by atoms with E-state index in [1.54, 1.807) is 24.3 Å². The Labute approximate surface area is 124 Å². The van der Waals surface area contributed by atoms with Crippen molar-refractivity contribution in [2.45, 2.75) is 26.3 Å². The molecule has 0 aliphatic carbocycles. The number of hydrogen-bond acceptors (Lipinski definition) is 4. The van der Waals surface area contributed by atoms with Crippen molar-refractivity contribution in [2.75, 3.05) is 13.1 Å². The van der Waals surface area contributed by atoms with Crippen molar-refractivity contribution in [1.29, 1.82) is 0 Å². The molecule has 0 saturated heterocycles. The fraction of sp³-hybridized carbons (Fsp3) is 0.467. The molecule has 6 nitrogen and oxygen atoms in total. The molecule has 116 valence electrons. The zero-order chi connectivity index (χ0) is 16.0. The van der Waals surface area contributed by atoms with Crippen LogP contribution in [0, 0.1) is 5.92 Å². The smallest absolute Gasteiger partial charge is 0.240 e. The van der Waals surface area contributed by atoms with Gasteiger partial charge in [0.15, 0.2) is 0 Å². The lowest BCUT2D eigenvalue weighted by atomic mass is 10.0. The first-order chi connectivity index (χ1) is 9.79. The van der Waals surface area contributed by atoms with Crippen LogP contribution in [0.4, 0.5) is 0 Å². The number of carbonyl (C=O) groups is 2. The molecule has 0 heterocycles. The fourth-order valence-electron chi connectivity index (χ4n) is 2.07. The average molecular weight is 293 g/mol. The van der Waals surface area contributed by atoms with E-state index in [-0.39, 0.29) is 24.1 Å². The maximum atomic E-state index is 12.3. The lowest BCUT2D eigenvalue weighted by Crippen LogP contribution is -2.49. The Morgan fingerprint density at radius 2 is 1.81 bits per heavy atom. The van der Waals surface area contributed by atoms with Crippen molar-refractivity contribution in [3.8, 4) is 5.75 Å². The standard InChI is InChI=1S/C15H23N3O3/c1-10(2)8-18(9-14(17)20)15(21)13(16)7-11-3-5-12(19)6-4-11/h3-6,10,13,19H,7-9,16H2,1-2H3,(H2,17,20)/t13-/m1/s1. The molecule has 21 heavy (non-hydrogen) atoms. The number of benzene rings is 1. The number of hydrogen-bond donors (Lipinski definition) is 3. The summed E-state index contributed by atoms with van der Waals surface area (Å²) in [5.74, 6) is -0.473. The lowest BCUT2D eigenvalue weighted by molar-refractivity contribution is -0.136. The van der Waals surface area contributed by atoms with Crippen molar-refractivity contribution in [3.63, 3.8) is 0 Å². The zero-order valence-corrected chi connectivity index (χ0v) is 12.5. The molecule has 6 heteroatoms. The van der Waals surface area contributed by atoms with Gasteiger partial charge in [-0.25, -0.2) is 0 Å². The highest BCUT2D eigenvalue weighted by molar-refractivity contribution is 5.87. The number of carbonyl (C=O) groups excluding carboxylic acids is 2. The third-order valence-corrected chi connectivity index (χ3v) is 2.95. The fourth-order valence-corrected chi connectivity index (χ4v) is 2.07. The van der Waals surface area contributed by atoms with E-state index in [4.69, 9.17) is 11.5 Å². The van der Waals surface area contributed by atoms with E-state index < -0.39 is 11.9 Å². The molecule has 5 N–H and O–H groups in total. The van der Waals surface area contributed by atoms with Crippen molar-refractivity contribution in [2.24, 2.45) is 17.4 Å². The molecule has 0 radical (unpaired) electrons. The van der Waals surface area contributed by atoms with Gasteiger partial charge in [-0.1, -0.05) is 26.0 Å². The molecule has 1 rings (SSSR count). The van der Waals surface area contributed by atoms with Gasteiger partial charge in [0, 0.05) is 6.54 Å². The van der Waals surface area contributed by atoms with Gasteiger partial charge in [-0.2, -0.15) is 0 Å². The molecule has 0 unspecified atom stereocenters. The molecule has 0 fully saturated rings. The molecule has 0 spiro atoms. The Bertz CT molecular complexity index is 485. The number of aromatic hydroxyl groups is 1. The van der Waals surface area contributed by atoms with Gasteiger partial charge in [0.1, 0.15) is 5.75 Å². The second kappa shape index (κ2) is 7.64. The number of nitrogens with zero attached hydrogens (tertiary/aromatic N) is 1. The molecule has 0 saturated carbocycles. The number of rotatable bonds is 7. The van der Waals surface area contributed by atoms with Gasteiger partial charge < -0.3 is 21.5 Å². The van der Waals surface area contributed by atoms with E-state index >= 15 is 0 Å². The summed E-state index contributed by atoms with van der Waals surface area (Å²) in [7, 11) is 0. The first kappa shape index (κ1) is 17.0. The van der Waals surface area contributed by atoms with Crippen LogP contribution < -0.4 is 11.5 Å². The molecule has 1 aromatic carbocycles. The number of phenols is 1. The Morgan fingerprint density at radius 3 is 2.29 bits per heavy atom. The SMILES string of the molecule is CC(C)CN(CC(N)=O)C(=O)[C@H](N)Cc1ccc(O)cc1. The van der Waals surface area contributed by atoms with Crippen molar-refractivity contribution >= 4 is 11.8 Å². The van der Waals surface area contributed by atoms with Crippen LogP contribution in [0.5, 0.6) is 5.75 Å². The van der Waals surface area contributed by atoms with Gasteiger partial charge in [0.25, 0.3) is 0 Å². The topological polar surface area (TPSA) is 110 Å². The van der Waals surface area contributed by atoms with Gasteiger partial charge in [0.2, 0.25) is 11.8 Å². The summed E-state index contributed by atoms with van der Waals surface area (Å²) in [6.07, 6.45) is 0.340. The highest BCUT2D eigenvalue weighted by Crippen LogP contribution is 2.12. The maximum Gasteiger partial charge on any atom is 0.240 e. The zero-order valence-electron chi connectivity index (χ0n) is 12.5. The molecular formula is C15H23N3O3. The average Bonchev–Trinajstić information content (AvgIpc) is 2.38. The number of amides is 2. The number of phenolic OH excluding ortho intramolecular Hbond substituents is 1. The van der Waals surface area contributed by atoms with Crippen molar-refractivity contribution in [1.82, 2.24) is 4.90 Å². The molecule has 1 atom stereocenters. The maximum absolute atomic E-state index is 12.3. The minimum Gasteiger partial charge on any atom is -0.508 e. The second-order valence-corrected chi connectivity index (χ2v) is 5.56. The summed E-state index contributed by atoms with van der Waals surface area (Å²) in [5.41, 5.74) is 12.0. The van der Waals surface area contributed by atoms with Gasteiger partial charge in [-0.3, -0.25) is 9.59 Å². The Balaban J connectivity index is 2.72. The lowest BCUT2D eigenvalue weighted by Gasteiger charge is -2.26. The third-order valence-electron chi connectivity index (χ3n) is 2.95. The van der Waals surface area contributed by atoms with Crippen LogP contribution in [0.1, 0.15) is 19.4 Å². The molecule has 2 amide bonds. The van der Waals surface area contributed by atoms with E-state index in [1.165, 1.54) is 4.90 Å². The van der Waals surface area contributed by atoms with Crippen molar-refractivity contribution in [3.05, 3.63) is 29.8 Å². The highest BCUT2D eigenvalue weighted by atomic mass is 16.3. The largest absolute Gasteiger partial charge is 0.508 e. The quantitative estimate of drug-likeness (QED) is 0.668. The minimum atomic E-state index is -0.743. The van der Waals surface area contributed by atoms with Crippen LogP contribution >= 0.6 is 0 Å². The van der Waals surface area contributed by atoms with Crippen LogP contribution in [-0.2, 0) is 16.0 Å². The molecule has 0 aromatic heterocycles. The van der Waals surface area contributed by atoms with Crippen LogP contribution in [0.2, 0.25) is 0 Å². The molecule has 0 aliphatic heterocycles. The number of nitrogens with two attached hydrogens (primary N) is 2. The van der Waals surface area contributed by atoms with Crippen LogP contribution in [0.25, 0.3) is 0 Å². The predicted octanol–water partition coefficient (Wildman–Crippen LogP) is 0.232. The molecule has 0 bridgehead atoms. The van der Waals surface area contributed by atoms with E-state index in [9.17, 15) is 14.7 Å². The summed E-state index contributed by atoms with van der Waals surface area (Å²) in [6, 6.07) is 5.77. The van der Waals surface area contributed by atoms with Crippen molar-refractivity contribution < 1.29 is 14.7 Å². The van der Waals surface area contributed by atoms with E-state index in [2.05, 4.69) is 0 Å². The Hall–Kier alpha value is -2.08. The normalized spacial score (nSPS) is 12.2. The highest BCUT2D eigenvalue weighted by Gasteiger charge is 2.23. The van der Waals surface area contributed by atoms with Gasteiger partial charge >= 0.3 is 0 Å². The first-order valence-electron chi connectivity index (χ1n) is 6.90.